The highest BCUT2D eigenvalue weighted by atomic mass is 16.2. The van der Waals surface area contributed by atoms with Gasteiger partial charge < -0.3 is 10.2 Å². The summed E-state index contributed by atoms with van der Waals surface area (Å²) >= 11 is 0. The molecule has 23 heavy (non-hydrogen) atoms. The molecule has 7 nitrogen and oxygen atoms in total. The lowest BCUT2D eigenvalue weighted by Crippen LogP contribution is -2.48. The monoisotopic (exact) mass is 319 g/mol. The van der Waals surface area contributed by atoms with Gasteiger partial charge in [0.2, 0.25) is 11.8 Å². The van der Waals surface area contributed by atoms with Gasteiger partial charge in [-0.3, -0.25) is 19.2 Å². The topological polar surface area (TPSA) is 70.5 Å². The van der Waals surface area contributed by atoms with E-state index in [-0.39, 0.29) is 17.9 Å². The van der Waals surface area contributed by atoms with E-state index in [9.17, 15) is 9.59 Å². The van der Waals surface area contributed by atoms with Crippen LogP contribution in [0.2, 0.25) is 0 Å². The number of carbonyl (C=O) groups is 2. The molecule has 2 amide bonds. The highest BCUT2D eigenvalue weighted by Crippen LogP contribution is 2.18. The fraction of sp³-hybridized carbons (Fsp3) is 0.688. The standard InChI is InChI=1S/C16H25N5O2/c1-12(16(23)19-5-3-4-6-19)20-7-8-21-15(11-20)9-14(18-21)10-17-13(2)22/h9,12H,3-8,10-11H2,1-2H3,(H,17,22)/t12-/m0/s1. The molecule has 0 unspecified atom stereocenters. The first kappa shape index (κ1) is 16.0. The predicted molar refractivity (Wildman–Crippen MR) is 85.4 cm³/mol. The molecule has 3 rings (SSSR count). The van der Waals surface area contributed by atoms with Crippen LogP contribution in [-0.2, 0) is 29.2 Å². The van der Waals surface area contributed by atoms with E-state index in [2.05, 4.69) is 15.3 Å². The van der Waals surface area contributed by atoms with Crippen molar-refractivity contribution in [2.75, 3.05) is 19.6 Å². The molecule has 0 aliphatic carbocycles. The molecule has 0 radical (unpaired) electrons. The third-order valence-electron chi connectivity index (χ3n) is 4.72. The third-order valence-corrected chi connectivity index (χ3v) is 4.72. The Labute approximate surface area is 136 Å². The molecular formula is C16H25N5O2. The average molecular weight is 319 g/mol. The lowest BCUT2D eigenvalue weighted by Gasteiger charge is -2.33. The number of amides is 2. The lowest BCUT2D eigenvalue weighted by atomic mass is 10.2. The minimum Gasteiger partial charge on any atom is -0.351 e. The highest BCUT2D eigenvalue weighted by molar-refractivity contribution is 5.81. The second-order valence-electron chi connectivity index (χ2n) is 6.44. The maximum Gasteiger partial charge on any atom is 0.239 e. The van der Waals surface area contributed by atoms with Gasteiger partial charge in [-0.15, -0.1) is 0 Å². The van der Waals surface area contributed by atoms with Crippen LogP contribution in [0.15, 0.2) is 6.07 Å². The Kier molecular flexibility index (Phi) is 4.66. The molecular weight excluding hydrogens is 294 g/mol. The van der Waals surface area contributed by atoms with Gasteiger partial charge in [0.25, 0.3) is 0 Å². The second-order valence-corrected chi connectivity index (χ2v) is 6.44. The van der Waals surface area contributed by atoms with Gasteiger partial charge in [0.1, 0.15) is 0 Å². The first-order valence-electron chi connectivity index (χ1n) is 8.37. The summed E-state index contributed by atoms with van der Waals surface area (Å²) < 4.78 is 1.99. The maximum atomic E-state index is 12.6. The van der Waals surface area contributed by atoms with Gasteiger partial charge in [-0.2, -0.15) is 5.10 Å². The zero-order chi connectivity index (χ0) is 16.4. The van der Waals surface area contributed by atoms with Crippen LogP contribution in [0, 0.1) is 0 Å². The Morgan fingerprint density at radius 3 is 2.70 bits per heavy atom. The number of hydrogen-bond acceptors (Lipinski definition) is 4. The van der Waals surface area contributed by atoms with Crippen LogP contribution in [0.25, 0.3) is 0 Å². The van der Waals surface area contributed by atoms with Crippen molar-refractivity contribution in [1.82, 2.24) is 24.9 Å². The van der Waals surface area contributed by atoms with Gasteiger partial charge >= 0.3 is 0 Å². The molecule has 0 aromatic carbocycles. The molecule has 7 heteroatoms. The third kappa shape index (κ3) is 3.55. The number of nitrogens with zero attached hydrogens (tertiary/aromatic N) is 4. The number of carbonyl (C=O) groups excluding carboxylic acids is 2. The molecule has 0 bridgehead atoms. The number of aromatic nitrogens is 2. The quantitative estimate of drug-likeness (QED) is 0.869. The van der Waals surface area contributed by atoms with Crippen LogP contribution in [0.4, 0.5) is 0 Å². The van der Waals surface area contributed by atoms with E-state index in [0.29, 0.717) is 6.54 Å². The van der Waals surface area contributed by atoms with E-state index in [4.69, 9.17) is 0 Å². The van der Waals surface area contributed by atoms with E-state index >= 15 is 0 Å². The number of nitrogens with one attached hydrogen (secondary N) is 1. The summed E-state index contributed by atoms with van der Waals surface area (Å²) in [7, 11) is 0. The van der Waals surface area contributed by atoms with E-state index < -0.39 is 0 Å². The van der Waals surface area contributed by atoms with Crippen LogP contribution >= 0.6 is 0 Å². The summed E-state index contributed by atoms with van der Waals surface area (Å²) in [6.07, 6.45) is 2.25. The van der Waals surface area contributed by atoms with Crippen LogP contribution in [0.3, 0.4) is 0 Å². The predicted octanol–water partition coefficient (Wildman–Crippen LogP) is 0.346. The van der Waals surface area contributed by atoms with Gasteiger partial charge in [0.05, 0.1) is 30.5 Å². The molecule has 0 spiro atoms. The zero-order valence-electron chi connectivity index (χ0n) is 13.9. The van der Waals surface area contributed by atoms with Crippen molar-refractivity contribution in [1.29, 1.82) is 0 Å². The lowest BCUT2D eigenvalue weighted by molar-refractivity contribution is -0.135. The fourth-order valence-electron chi connectivity index (χ4n) is 3.34. The Bertz CT molecular complexity index is 591. The van der Waals surface area contributed by atoms with Crippen molar-refractivity contribution in [3.05, 3.63) is 17.5 Å². The molecule has 1 aromatic heterocycles. The summed E-state index contributed by atoms with van der Waals surface area (Å²) in [5, 5.41) is 7.29. The number of likely N-dealkylation sites (tertiary alicyclic amines) is 1. The molecule has 1 atom stereocenters. The molecule has 0 saturated carbocycles. The van der Waals surface area contributed by atoms with E-state index in [1.807, 2.05) is 22.6 Å². The van der Waals surface area contributed by atoms with Gasteiger partial charge in [-0.25, -0.2) is 0 Å². The van der Waals surface area contributed by atoms with Crippen molar-refractivity contribution in [3.63, 3.8) is 0 Å². The molecule has 2 aliphatic rings. The van der Waals surface area contributed by atoms with E-state index in [1.165, 1.54) is 6.92 Å². The largest absolute Gasteiger partial charge is 0.351 e. The SMILES string of the molecule is CC(=O)NCc1cc2n(n1)CCN([C@@H](C)C(=O)N1CCCC1)C2. The molecule has 3 heterocycles. The van der Waals surface area contributed by atoms with Crippen molar-refractivity contribution >= 4 is 11.8 Å². The molecule has 1 N–H and O–H groups in total. The Balaban J connectivity index is 1.62. The van der Waals surface area contributed by atoms with Crippen LogP contribution in [-0.4, -0.2) is 57.1 Å². The summed E-state index contributed by atoms with van der Waals surface area (Å²) in [4.78, 5) is 27.8. The van der Waals surface area contributed by atoms with Crippen LogP contribution in [0.1, 0.15) is 38.1 Å². The summed E-state index contributed by atoms with van der Waals surface area (Å²) in [6.45, 7) is 8.10. The Hall–Kier alpha value is -1.89. The minimum atomic E-state index is -0.0875. The Morgan fingerprint density at radius 2 is 2.00 bits per heavy atom. The first-order chi connectivity index (χ1) is 11.0. The van der Waals surface area contributed by atoms with E-state index in [0.717, 1.165) is 57.0 Å². The van der Waals surface area contributed by atoms with Crippen molar-refractivity contribution in [2.45, 2.75) is 52.4 Å². The van der Waals surface area contributed by atoms with Gasteiger partial charge in [0, 0.05) is 33.1 Å². The minimum absolute atomic E-state index is 0.0533. The van der Waals surface area contributed by atoms with Crippen molar-refractivity contribution in [3.8, 4) is 0 Å². The van der Waals surface area contributed by atoms with Crippen molar-refractivity contribution in [2.24, 2.45) is 0 Å². The maximum absolute atomic E-state index is 12.6. The number of hydrogen-bond donors (Lipinski definition) is 1. The van der Waals surface area contributed by atoms with Gasteiger partial charge in [-0.1, -0.05) is 0 Å². The molecule has 1 saturated heterocycles. The van der Waals surface area contributed by atoms with Gasteiger partial charge in [-0.05, 0) is 25.8 Å². The molecule has 126 valence electrons. The first-order valence-corrected chi connectivity index (χ1v) is 8.37. The van der Waals surface area contributed by atoms with Crippen molar-refractivity contribution < 1.29 is 9.59 Å². The Morgan fingerprint density at radius 1 is 1.26 bits per heavy atom. The summed E-state index contributed by atoms with van der Waals surface area (Å²) in [5.74, 6) is 0.191. The summed E-state index contributed by atoms with van der Waals surface area (Å²) in [6, 6.07) is 1.94. The molecule has 2 aliphatic heterocycles. The summed E-state index contributed by atoms with van der Waals surface area (Å²) in [5.41, 5.74) is 1.98. The number of rotatable bonds is 4. The molecule has 1 fully saturated rings. The fourth-order valence-corrected chi connectivity index (χ4v) is 3.34. The smallest absolute Gasteiger partial charge is 0.239 e. The van der Waals surface area contributed by atoms with Gasteiger partial charge in [0.15, 0.2) is 0 Å². The molecule has 1 aromatic rings. The second kappa shape index (κ2) is 6.70. The average Bonchev–Trinajstić information content (AvgIpc) is 3.19. The van der Waals surface area contributed by atoms with Crippen LogP contribution < -0.4 is 5.32 Å². The van der Waals surface area contributed by atoms with Crippen LogP contribution in [0.5, 0.6) is 0 Å². The van der Waals surface area contributed by atoms with E-state index in [1.54, 1.807) is 0 Å². The highest BCUT2D eigenvalue weighted by Gasteiger charge is 2.30. The number of fused-ring (bicyclic) bond motifs is 1. The normalized spacial score (nSPS) is 19.5. The zero-order valence-corrected chi connectivity index (χ0v) is 13.9.